The molecule has 0 radical (unpaired) electrons. The first-order valence-electron chi connectivity index (χ1n) is 9.83. The van der Waals surface area contributed by atoms with E-state index in [-0.39, 0.29) is 6.10 Å². The van der Waals surface area contributed by atoms with Crippen LogP contribution in [0.2, 0.25) is 0 Å². The summed E-state index contributed by atoms with van der Waals surface area (Å²) in [6, 6.07) is 0. The number of aliphatic hydroxyl groups is 1. The minimum Gasteiger partial charge on any atom is -0.393 e. The van der Waals surface area contributed by atoms with Gasteiger partial charge in [0.1, 0.15) is 0 Å². The molecule has 0 aromatic rings. The molecule has 0 heterocycles. The van der Waals surface area contributed by atoms with Gasteiger partial charge in [-0.15, -0.1) is 0 Å². The molecule has 4 unspecified atom stereocenters. The highest BCUT2D eigenvalue weighted by atomic mass is 16.3. The molecule has 4 rings (SSSR count). The maximum Gasteiger partial charge on any atom is 0.0543 e. The van der Waals surface area contributed by atoms with Gasteiger partial charge in [0.2, 0.25) is 0 Å². The van der Waals surface area contributed by atoms with E-state index in [2.05, 4.69) is 26.8 Å². The fourth-order valence-electron chi connectivity index (χ4n) is 7.56. The van der Waals surface area contributed by atoms with Gasteiger partial charge in [-0.1, -0.05) is 25.5 Å². The first-order valence-corrected chi connectivity index (χ1v) is 9.83. The normalized spacial score (nSPS) is 56.4. The van der Waals surface area contributed by atoms with Crippen LogP contribution < -0.4 is 0 Å². The Kier molecular flexibility index (Phi) is 3.53. The molecule has 0 saturated heterocycles. The first-order chi connectivity index (χ1) is 10.5. The molecule has 4 fully saturated rings. The van der Waals surface area contributed by atoms with Gasteiger partial charge in [0.15, 0.2) is 0 Å². The highest BCUT2D eigenvalue weighted by Gasteiger charge is 2.58. The Bertz CT molecular complexity index is 480. The van der Waals surface area contributed by atoms with Gasteiger partial charge in [0.25, 0.3) is 0 Å². The van der Waals surface area contributed by atoms with Crippen molar-refractivity contribution in [2.24, 2.45) is 34.5 Å². The molecule has 4 aliphatic rings. The van der Waals surface area contributed by atoms with E-state index in [0.29, 0.717) is 10.8 Å². The second kappa shape index (κ2) is 5.10. The highest BCUT2D eigenvalue weighted by molar-refractivity contribution is 5.23. The van der Waals surface area contributed by atoms with Crippen molar-refractivity contribution < 1.29 is 5.11 Å². The molecular formula is C21H34O. The third kappa shape index (κ3) is 1.93. The SMILES string of the molecule is C/C=C1/CCC2C3CCC4C[C@@H](O)CC[C@]4(C)C3CC[C@]12C. The Hall–Kier alpha value is -0.300. The summed E-state index contributed by atoms with van der Waals surface area (Å²) in [6.45, 7) is 7.43. The van der Waals surface area contributed by atoms with Crippen molar-refractivity contribution in [3.8, 4) is 0 Å². The predicted octanol–water partition coefficient (Wildman–Crippen LogP) is 5.34. The first kappa shape index (κ1) is 15.2. The van der Waals surface area contributed by atoms with E-state index in [1.54, 1.807) is 5.57 Å². The van der Waals surface area contributed by atoms with Gasteiger partial charge in [-0.25, -0.2) is 0 Å². The van der Waals surface area contributed by atoms with E-state index in [4.69, 9.17) is 0 Å². The lowest BCUT2D eigenvalue weighted by Gasteiger charge is -2.60. The topological polar surface area (TPSA) is 20.2 Å². The molecule has 0 aromatic heterocycles. The van der Waals surface area contributed by atoms with E-state index < -0.39 is 0 Å². The van der Waals surface area contributed by atoms with E-state index in [9.17, 15) is 5.11 Å². The van der Waals surface area contributed by atoms with Crippen LogP contribution in [-0.4, -0.2) is 11.2 Å². The third-order valence-electron chi connectivity index (χ3n) is 8.83. The quantitative estimate of drug-likeness (QED) is 0.599. The number of allylic oxidation sites excluding steroid dienone is 2. The van der Waals surface area contributed by atoms with Gasteiger partial charge in [-0.2, -0.15) is 0 Å². The zero-order chi connectivity index (χ0) is 15.5. The predicted molar refractivity (Wildman–Crippen MR) is 91.5 cm³/mol. The molecule has 0 spiro atoms. The number of aliphatic hydroxyl groups excluding tert-OH is 1. The van der Waals surface area contributed by atoms with Crippen LogP contribution in [-0.2, 0) is 0 Å². The number of fused-ring (bicyclic) bond motifs is 5. The Labute approximate surface area is 136 Å². The Balaban J connectivity index is 1.63. The fraction of sp³-hybridized carbons (Fsp3) is 0.905. The van der Waals surface area contributed by atoms with Gasteiger partial charge >= 0.3 is 0 Å². The van der Waals surface area contributed by atoms with Crippen LogP contribution in [0.25, 0.3) is 0 Å². The van der Waals surface area contributed by atoms with Crippen molar-refractivity contribution in [3.63, 3.8) is 0 Å². The standard InChI is InChI=1S/C21H34O/c1-4-14-6-8-18-17-7-5-15-13-16(22)9-11-21(15,3)19(17)10-12-20(14,18)2/h4,15-19,22H,5-13H2,1-3H3/b14-4-/t15?,16-,17?,18?,19?,20+,21-/m0/s1. The summed E-state index contributed by atoms with van der Waals surface area (Å²) in [7, 11) is 0. The third-order valence-corrected chi connectivity index (χ3v) is 8.83. The number of hydrogen-bond donors (Lipinski definition) is 1. The lowest BCUT2D eigenvalue weighted by atomic mass is 9.45. The summed E-state index contributed by atoms with van der Waals surface area (Å²) in [6.07, 6.45) is 14.3. The van der Waals surface area contributed by atoms with E-state index >= 15 is 0 Å². The molecule has 1 nitrogen and oxygen atoms in total. The molecule has 0 amide bonds. The second-order valence-corrected chi connectivity index (χ2v) is 9.39. The van der Waals surface area contributed by atoms with E-state index in [0.717, 1.165) is 36.5 Å². The molecule has 0 aromatic carbocycles. The van der Waals surface area contributed by atoms with Crippen molar-refractivity contribution in [1.29, 1.82) is 0 Å². The monoisotopic (exact) mass is 302 g/mol. The zero-order valence-electron chi connectivity index (χ0n) is 14.8. The van der Waals surface area contributed by atoms with Gasteiger partial charge in [-0.05, 0) is 99.2 Å². The molecule has 1 heteroatoms. The van der Waals surface area contributed by atoms with Gasteiger partial charge in [0, 0.05) is 0 Å². The maximum absolute atomic E-state index is 10.1. The van der Waals surface area contributed by atoms with Crippen molar-refractivity contribution >= 4 is 0 Å². The van der Waals surface area contributed by atoms with Crippen molar-refractivity contribution in [1.82, 2.24) is 0 Å². The van der Waals surface area contributed by atoms with Gasteiger partial charge in [0.05, 0.1) is 6.10 Å². The second-order valence-electron chi connectivity index (χ2n) is 9.39. The van der Waals surface area contributed by atoms with Crippen LogP contribution in [0.5, 0.6) is 0 Å². The number of hydrogen-bond acceptors (Lipinski definition) is 1. The van der Waals surface area contributed by atoms with Gasteiger partial charge < -0.3 is 5.11 Å². The Morgan fingerprint density at radius 2 is 1.82 bits per heavy atom. The highest BCUT2D eigenvalue weighted by Crippen LogP contribution is 2.67. The largest absolute Gasteiger partial charge is 0.393 e. The smallest absolute Gasteiger partial charge is 0.0543 e. The molecule has 0 aliphatic heterocycles. The minimum atomic E-state index is -0.00964. The van der Waals surface area contributed by atoms with Crippen LogP contribution in [0.15, 0.2) is 11.6 Å². The fourth-order valence-corrected chi connectivity index (χ4v) is 7.56. The van der Waals surface area contributed by atoms with Crippen LogP contribution in [0.1, 0.15) is 78.6 Å². The molecule has 4 saturated carbocycles. The Morgan fingerprint density at radius 3 is 2.59 bits per heavy atom. The van der Waals surface area contributed by atoms with E-state index in [1.807, 2.05) is 0 Å². The summed E-state index contributed by atoms with van der Waals surface area (Å²) in [4.78, 5) is 0. The molecule has 4 aliphatic carbocycles. The summed E-state index contributed by atoms with van der Waals surface area (Å²) in [5.41, 5.74) is 2.82. The lowest BCUT2D eigenvalue weighted by Crippen LogP contribution is -2.53. The van der Waals surface area contributed by atoms with Crippen molar-refractivity contribution in [3.05, 3.63) is 11.6 Å². The van der Waals surface area contributed by atoms with Crippen molar-refractivity contribution in [2.75, 3.05) is 0 Å². The summed E-state index contributed by atoms with van der Waals surface area (Å²) in [5.74, 6) is 3.65. The lowest BCUT2D eigenvalue weighted by molar-refractivity contribution is -0.116. The zero-order valence-corrected chi connectivity index (χ0v) is 14.8. The molecule has 0 bridgehead atoms. The van der Waals surface area contributed by atoms with Crippen molar-refractivity contribution in [2.45, 2.75) is 84.7 Å². The molecule has 124 valence electrons. The minimum absolute atomic E-state index is 0.00964. The Morgan fingerprint density at radius 1 is 1.00 bits per heavy atom. The average Bonchev–Trinajstić information content (AvgIpc) is 2.84. The summed E-state index contributed by atoms with van der Waals surface area (Å²) in [5, 5.41) is 10.1. The van der Waals surface area contributed by atoms with Crippen LogP contribution >= 0.6 is 0 Å². The average molecular weight is 303 g/mol. The van der Waals surface area contributed by atoms with Crippen LogP contribution in [0.4, 0.5) is 0 Å². The molecule has 22 heavy (non-hydrogen) atoms. The maximum atomic E-state index is 10.1. The molecular weight excluding hydrogens is 268 g/mol. The van der Waals surface area contributed by atoms with Crippen LogP contribution in [0, 0.1) is 34.5 Å². The summed E-state index contributed by atoms with van der Waals surface area (Å²) >= 11 is 0. The number of rotatable bonds is 0. The molecule has 7 atom stereocenters. The van der Waals surface area contributed by atoms with E-state index in [1.165, 1.54) is 44.9 Å². The molecule has 1 N–H and O–H groups in total. The van der Waals surface area contributed by atoms with Gasteiger partial charge in [-0.3, -0.25) is 0 Å². The summed E-state index contributed by atoms with van der Waals surface area (Å²) < 4.78 is 0. The van der Waals surface area contributed by atoms with Crippen LogP contribution in [0.3, 0.4) is 0 Å².